The maximum Gasteiger partial charge on any atom is 0.353 e. The zero-order chi connectivity index (χ0) is 37.3. The minimum Gasteiger partial charge on any atom is -0.497 e. The fourth-order valence-electron chi connectivity index (χ4n) is 5.23. The third-order valence-corrected chi connectivity index (χ3v) is 9.81. The Kier molecular flexibility index (Phi) is 9.80. The largest absolute Gasteiger partial charge is 0.497 e. The monoisotopic (exact) mass is 751 g/mol. The Morgan fingerprint density at radius 3 is 2.58 bits per heavy atom. The average Bonchev–Trinajstić information content (AvgIpc) is 3.74. The Bertz CT molecular complexity index is 2160. The Balaban J connectivity index is 1.16. The highest BCUT2D eigenvalue weighted by Crippen LogP contribution is 2.40. The van der Waals surface area contributed by atoms with Gasteiger partial charge in [-0.25, -0.2) is 14.2 Å². The number of hydrogen-bond acceptors (Lipinski definition) is 15. The minimum absolute atomic E-state index is 0.0177. The van der Waals surface area contributed by atoms with E-state index in [4.69, 9.17) is 25.8 Å². The molecule has 52 heavy (non-hydrogen) atoms. The fourth-order valence-corrected chi connectivity index (χ4v) is 7.00. The van der Waals surface area contributed by atoms with Crippen LogP contribution in [-0.4, -0.2) is 94.2 Å². The van der Waals surface area contributed by atoms with E-state index in [1.807, 2.05) is 0 Å². The number of rotatable bonds is 13. The summed E-state index contributed by atoms with van der Waals surface area (Å²) in [6.07, 6.45) is 3.24. The van der Waals surface area contributed by atoms with Crippen LogP contribution in [-0.2, 0) is 41.9 Å². The Hall–Kier alpha value is -6.09. The molecule has 270 valence electrons. The summed E-state index contributed by atoms with van der Waals surface area (Å²) in [5.41, 5.74) is 10.4. The molecule has 0 bridgehead atoms. The van der Waals surface area contributed by atoms with E-state index in [0.29, 0.717) is 22.5 Å². The van der Waals surface area contributed by atoms with Gasteiger partial charge >= 0.3 is 17.6 Å². The Labute approximate surface area is 302 Å². The van der Waals surface area contributed by atoms with Crippen molar-refractivity contribution in [3.8, 4) is 5.75 Å². The topological polar surface area (TPSA) is 260 Å². The first-order chi connectivity index (χ1) is 24.8. The smallest absolute Gasteiger partial charge is 0.353 e. The molecule has 21 heteroatoms. The standard InChI is InChI=1S/C31H30N10O9S2/c1-31(2,29(47)49-13-15-4-6-17(48-3)7-5-15)50-37-20(24-35-30(33)52-38-24)25(43)34-21-26(44)41-22(28(45)46)16(14-51-27(21)41)12-39-10-11-40-19(39)9-8-18(36-40)23(32)42/h4-11,21,27H,12-14H2,1-3H3,(H5-,32,33,34,35,38,42,43,45,46)/p+1/b37-20-/t21-,27-/m1/s1. The first kappa shape index (κ1) is 35.7. The number of esters is 1. The Morgan fingerprint density at radius 2 is 1.92 bits per heavy atom. The number of nitrogens with one attached hydrogen (secondary N) is 1. The number of amides is 3. The quantitative estimate of drug-likeness (QED) is 0.0455. The van der Waals surface area contributed by atoms with Crippen molar-refractivity contribution in [1.29, 1.82) is 0 Å². The van der Waals surface area contributed by atoms with Crippen LogP contribution >= 0.6 is 23.3 Å². The summed E-state index contributed by atoms with van der Waals surface area (Å²) in [7, 11) is 1.53. The molecule has 1 aromatic carbocycles. The molecule has 0 saturated carbocycles. The van der Waals surface area contributed by atoms with Crippen molar-refractivity contribution in [3.05, 3.63) is 77.1 Å². The molecular weight excluding hydrogens is 721 g/mol. The number of thioether (sulfide) groups is 1. The van der Waals surface area contributed by atoms with Crippen LogP contribution in [0.4, 0.5) is 5.13 Å². The van der Waals surface area contributed by atoms with E-state index in [1.165, 1.54) is 43.3 Å². The summed E-state index contributed by atoms with van der Waals surface area (Å²) >= 11 is 2.04. The Morgan fingerprint density at radius 1 is 1.17 bits per heavy atom. The molecule has 0 spiro atoms. The summed E-state index contributed by atoms with van der Waals surface area (Å²) in [4.78, 5) is 74.6. The molecule has 1 fully saturated rings. The number of benzene rings is 1. The van der Waals surface area contributed by atoms with Crippen LogP contribution in [0.2, 0.25) is 0 Å². The number of fused-ring (bicyclic) bond motifs is 2. The van der Waals surface area contributed by atoms with Crippen LogP contribution in [0.1, 0.15) is 35.7 Å². The minimum atomic E-state index is -1.68. The SMILES string of the molecule is COc1ccc(COC(=O)C(C)(C)O/N=C(\C(=O)N[C@@H]2C(=O)N3C(C(=O)O)=C(C[n+]4ccn5nc(C(N)=O)ccc54)CS[C@H]23)c2nsc(N)n2)cc1. The number of imidazole rings is 1. The fraction of sp³-hybridized carbons (Fsp3) is 0.290. The highest BCUT2D eigenvalue weighted by Gasteiger charge is 2.55. The number of nitrogens with zero attached hydrogens (tertiary/aromatic N) is 7. The van der Waals surface area contributed by atoms with Gasteiger partial charge in [0.15, 0.2) is 17.0 Å². The van der Waals surface area contributed by atoms with Crippen molar-refractivity contribution >= 4 is 69.4 Å². The lowest BCUT2D eigenvalue weighted by molar-refractivity contribution is -0.662. The lowest BCUT2D eigenvalue weighted by Crippen LogP contribution is -2.71. The number of oxime groups is 1. The van der Waals surface area contributed by atoms with Crippen LogP contribution in [0, 0.1) is 0 Å². The lowest BCUT2D eigenvalue weighted by Gasteiger charge is -2.49. The van der Waals surface area contributed by atoms with E-state index < -0.39 is 52.4 Å². The van der Waals surface area contributed by atoms with E-state index in [9.17, 15) is 29.1 Å². The second-order valence-corrected chi connectivity index (χ2v) is 13.7. The van der Waals surface area contributed by atoms with E-state index in [2.05, 4.69) is 24.9 Å². The number of aliphatic carboxylic acids is 1. The molecule has 4 aromatic rings. The van der Waals surface area contributed by atoms with Gasteiger partial charge < -0.3 is 36.2 Å². The maximum absolute atomic E-state index is 13.6. The number of aromatic nitrogens is 5. The number of methoxy groups -OCH3 is 1. The van der Waals surface area contributed by atoms with Gasteiger partial charge in [0, 0.05) is 28.9 Å². The molecule has 1 saturated heterocycles. The lowest BCUT2D eigenvalue weighted by atomic mass is 10.0. The molecule has 3 aromatic heterocycles. The van der Waals surface area contributed by atoms with Crippen LogP contribution in [0.15, 0.2) is 65.2 Å². The van der Waals surface area contributed by atoms with Gasteiger partial charge in [0.25, 0.3) is 17.7 Å². The third-order valence-electron chi connectivity index (χ3n) is 7.93. The van der Waals surface area contributed by atoms with Crippen LogP contribution in [0.5, 0.6) is 5.75 Å². The van der Waals surface area contributed by atoms with Gasteiger partial charge in [-0.15, -0.1) is 16.3 Å². The normalized spacial score (nSPS) is 17.3. The van der Waals surface area contributed by atoms with Gasteiger partial charge in [-0.2, -0.15) is 9.36 Å². The van der Waals surface area contributed by atoms with Crippen molar-refractivity contribution in [1.82, 2.24) is 29.2 Å². The summed E-state index contributed by atoms with van der Waals surface area (Å²) in [6.45, 7) is 2.80. The summed E-state index contributed by atoms with van der Waals surface area (Å²) < 4.78 is 17.7. The first-order valence-corrected chi connectivity index (χ1v) is 17.1. The van der Waals surface area contributed by atoms with Crippen molar-refractivity contribution in [2.75, 3.05) is 18.6 Å². The molecule has 0 aliphatic carbocycles. The number of carbonyl (C=O) groups is 5. The van der Waals surface area contributed by atoms with Gasteiger partial charge in [-0.1, -0.05) is 22.4 Å². The predicted octanol–water partition coefficient (Wildman–Crippen LogP) is -0.155. The predicted molar refractivity (Wildman–Crippen MR) is 182 cm³/mol. The number of nitrogen functional groups attached to an aromatic ring is 1. The molecule has 5 heterocycles. The second-order valence-electron chi connectivity index (χ2n) is 11.9. The van der Waals surface area contributed by atoms with Crippen molar-refractivity contribution < 1.29 is 48.0 Å². The highest BCUT2D eigenvalue weighted by atomic mass is 32.2. The number of ether oxygens (including phenoxy) is 2. The van der Waals surface area contributed by atoms with Gasteiger partial charge in [0.05, 0.1) is 7.11 Å². The molecule has 6 N–H and O–H groups in total. The maximum atomic E-state index is 13.6. The second kappa shape index (κ2) is 14.3. The van der Waals surface area contributed by atoms with Crippen molar-refractivity contribution in [2.45, 2.75) is 44.0 Å². The van der Waals surface area contributed by atoms with Gasteiger partial charge in [0.2, 0.25) is 17.1 Å². The number of primary amides is 1. The number of carboxylic acids is 1. The highest BCUT2D eigenvalue weighted by molar-refractivity contribution is 8.00. The molecule has 0 unspecified atom stereocenters. The number of carboxylic acid groups (broad SMARTS) is 1. The van der Waals surface area contributed by atoms with Crippen LogP contribution in [0.3, 0.4) is 0 Å². The van der Waals surface area contributed by atoms with Gasteiger partial charge in [0.1, 0.15) is 42.2 Å². The molecule has 0 radical (unpaired) electrons. The number of carbonyl (C=O) groups excluding carboxylic acids is 4. The summed E-state index contributed by atoms with van der Waals surface area (Å²) in [6, 6.07) is 8.82. The number of hydrogen-bond donors (Lipinski definition) is 4. The molecule has 2 aliphatic rings. The molecule has 3 amide bonds. The van der Waals surface area contributed by atoms with E-state index in [0.717, 1.165) is 16.4 Å². The third kappa shape index (κ3) is 7.07. The van der Waals surface area contributed by atoms with E-state index in [1.54, 1.807) is 47.3 Å². The molecule has 6 rings (SSSR count). The zero-order valence-electron chi connectivity index (χ0n) is 27.7. The summed E-state index contributed by atoms with van der Waals surface area (Å²) in [5, 5.41) is 20.1. The van der Waals surface area contributed by atoms with Gasteiger partial charge in [-0.05, 0) is 37.6 Å². The van der Waals surface area contributed by atoms with Crippen LogP contribution in [0.25, 0.3) is 5.65 Å². The zero-order valence-corrected chi connectivity index (χ0v) is 29.3. The number of nitrogens with two attached hydrogens (primary N) is 2. The first-order valence-electron chi connectivity index (χ1n) is 15.3. The van der Waals surface area contributed by atoms with Crippen LogP contribution < -0.4 is 26.1 Å². The average molecular weight is 752 g/mol. The molecular formula is C31H31N10O9S2+. The number of anilines is 1. The summed E-state index contributed by atoms with van der Waals surface area (Å²) in [5.74, 6) is -3.78. The van der Waals surface area contributed by atoms with Crippen molar-refractivity contribution in [3.63, 3.8) is 0 Å². The van der Waals surface area contributed by atoms with Crippen molar-refractivity contribution in [2.24, 2.45) is 10.9 Å². The van der Waals surface area contributed by atoms with E-state index in [-0.39, 0.29) is 41.3 Å². The molecule has 2 aliphatic heterocycles. The number of β-lactam (4-membered cyclic amide) rings is 1. The molecule has 2 atom stereocenters. The molecule has 19 nitrogen and oxygen atoms in total. The van der Waals surface area contributed by atoms with E-state index >= 15 is 0 Å². The van der Waals surface area contributed by atoms with Gasteiger partial charge in [-0.3, -0.25) is 19.3 Å².